The van der Waals surface area contributed by atoms with Gasteiger partial charge in [-0.15, -0.1) is 11.3 Å². The Kier molecular flexibility index (Phi) is 4.79. The van der Waals surface area contributed by atoms with Crippen LogP contribution in [-0.2, 0) is 9.59 Å². The number of anilines is 2. The second kappa shape index (κ2) is 7.36. The van der Waals surface area contributed by atoms with E-state index >= 15 is 0 Å². The van der Waals surface area contributed by atoms with Crippen LogP contribution >= 0.6 is 11.3 Å². The topological polar surface area (TPSA) is 91.3 Å². The van der Waals surface area contributed by atoms with Crippen LogP contribution in [0, 0.1) is 5.92 Å². The summed E-state index contributed by atoms with van der Waals surface area (Å²) < 4.78 is 0. The quantitative estimate of drug-likeness (QED) is 0.863. The number of piperidine rings is 1. The molecule has 26 heavy (non-hydrogen) atoms. The van der Waals surface area contributed by atoms with Crippen LogP contribution in [0.15, 0.2) is 30.0 Å². The van der Waals surface area contributed by atoms with Gasteiger partial charge in [-0.25, -0.2) is 15.0 Å². The molecule has 0 bridgehead atoms. The molecule has 0 aromatic carbocycles. The van der Waals surface area contributed by atoms with E-state index in [1.807, 2.05) is 5.38 Å². The summed E-state index contributed by atoms with van der Waals surface area (Å²) in [5.74, 6) is 0.364. The number of hydrogen-bond donors (Lipinski definition) is 1. The average Bonchev–Trinajstić information content (AvgIpc) is 3.32. The van der Waals surface area contributed by atoms with Gasteiger partial charge in [0.15, 0.2) is 5.13 Å². The van der Waals surface area contributed by atoms with E-state index in [4.69, 9.17) is 0 Å². The minimum Gasteiger partial charge on any atom is -0.353 e. The molecule has 0 aliphatic carbocycles. The Labute approximate surface area is 155 Å². The highest BCUT2D eigenvalue weighted by Crippen LogP contribution is 2.27. The van der Waals surface area contributed by atoms with Gasteiger partial charge < -0.3 is 10.2 Å². The molecule has 2 aromatic rings. The number of aromatic nitrogens is 3. The van der Waals surface area contributed by atoms with E-state index in [2.05, 4.69) is 25.2 Å². The van der Waals surface area contributed by atoms with E-state index in [1.165, 1.54) is 11.3 Å². The van der Waals surface area contributed by atoms with E-state index in [-0.39, 0.29) is 30.2 Å². The van der Waals surface area contributed by atoms with Gasteiger partial charge in [0.25, 0.3) is 0 Å². The van der Waals surface area contributed by atoms with Crippen molar-refractivity contribution in [2.75, 3.05) is 29.4 Å². The highest BCUT2D eigenvalue weighted by Gasteiger charge is 2.37. The van der Waals surface area contributed by atoms with Gasteiger partial charge in [0.05, 0.1) is 5.92 Å². The zero-order valence-corrected chi connectivity index (χ0v) is 15.1. The monoisotopic (exact) mass is 372 g/mol. The molecule has 1 N–H and O–H groups in total. The summed E-state index contributed by atoms with van der Waals surface area (Å²) in [5.41, 5.74) is 0. The van der Waals surface area contributed by atoms with Crippen molar-refractivity contribution in [1.82, 2.24) is 20.3 Å². The first-order chi connectivity index (χ1) is 12.7. The lowest BCUT2D eigenvalue weighted by Crippen LogP contribution is -2.47. The Hall–Kier alpha value is -2.55. The molecule has 9 heteroatoms. The largest absolute Gasteiger partial charge is 0.353 e. The van der Waals surface area contributed by atoms with E-state index in [0.29, 0.717) is 11.7 Å². The molecule has 0 radical (unpaired) electrons. The normalized spacial score (nSPS) is 21.2. The van der Waals surface area contributed by atoms with Crippen molar-refractivity contribution in [3.8, 4) is 0 Å². The number of rotatable bonds is 4. The van der Waals surface area contributed by atoms with Gasteiger partial charge in [-0.05, 0) is 18.9 Å². The van der Waals surface area contributed by atoms with Crippen LogP contribution in [0.25, 0.3) is 0 Å². The molecule has 2 aromatic heterocycles. The molecule has 2 aliphatic rings. The zero-order chi connectivity index (χ0) is 17.9. The molecule has 2 saturated heterocycles. The number of nitrogens with one attached hydrogen (secondary N) is 1. The maximum atomic E-state index is 12.6. The lowest BCUT2D eigenvalue weighted by atomic mass is 10.0. The lowest BCUT2D eigenvalue weighted by molar-refractivity contribution is -0.127. The predicted molar refractivity (Wildman–Crippen MR) is 98.0 cm³/mol. The summed E-state index contributed by atoms with van der Waals surface area (Å²) in [4.78, 5) is 41.2. The van der Waals surface area contributed by atoms with Crippen molar-refractivity contribution in [3.63, 3.8) is 0 Å². The summed E-state index contributed by atoms with van der Waals surface area (Å²) in [6, 6.07) is 1.93. The second-order valence-electron chi connectivity index (χ2n) is 6.54. The van der Waals surface area contributed by atoms with Crippen molar-refractivity contribution in [1.29, 1.82) is 0 Å². The maximum absolute atomic E-state index is 12.6. The van der Waals surface area contributed by atoms with E-state index < -0.39 is 0 Å². The third kappa shape index (κ3) is 3.52. The molecule has 4 heterocycles. The highest BCUT2D eigenvalue weighted by molar-refractivity contribution is 7.13. The van der Waals surface area contributed by atoms with Crippen molar-refractivity contribution >= 4 is 34.2 Å². The molecule has 2 amide bonds. The molecule has 8 nitrogen and oxygen atoms in total. The summed E-state index contributed by atoms with van der Waals surface area (Å²) in [7, 11) is 0. The van der Waals surface area contributed by atoms with Crippen LogP contribution in [0.1, 0.15) is 19.3 Å². The molecule has 136 valence electrons. The third-order valence-electron chi connectivity index (χ3n) is 4.82. The van der Waals surface area contributed by atoms with Crippen molar-refractivity contribution in [2.45, 2.75) is 25.3 Å². The molecule has 0 spiro atoms. The Morgan fingerprint density at radius 3 is 2.62 bits per heavy atom. The van der Waals surface area contributed by atoms with Crippen LogP contribution in [0.4, 0.5) is 11.1 Å². The molecule has 1 unspecified atom stereocenters. The van der Waals surface area contributed by atoms with Gasteiger partial charge in [-0.3, -0.25) is 14.5 Å². The summed E-state index contributed by atoms with van der Waals surface area (Å²) in [6.45, 7) is 2.03. The van der Waals surface area contributed by atoms with E-state index in [9.17, 15) is 9.59 Å². The lowest BCUT2D eigenvalue weighted by Gasteiger charge is -2.32. The predicted octanol–water partition coefficient (Wildman–Crippen LogP) is 1.07. The molecule has 0 saturated carbocycles. The number of thiazole rings is 1. The van der Waals surface area contributed by atoms with Crippen molar-refractivity contribution in [2.24, 2.45) is 5.92 Å². The van der Waals surface area contributed by atoms with Crippen LogP contribution < -0.4 is 15.1 Å². The Bertz CT molecular complexity index is 761. The molecule has 1 atom stereocenters. The first-order valence-electron chi connectivity index (χ1n) is 8.73. The average molecular weight is 372 g/mol. The minimum absolute atomic E-state index is 0.0313. The number of carbonyl (C=O) groups excluding carboxylic acids is 2. The van der Waals surface area contributed by atoms with Gasteiger partial charge in [0.2, 0.25) is 17.8 Å². The SMILES string of the molecule is O=C(NC1CCN(c2ncccn2)CC1)C1CC(=O)N(c2nccs2)C1. The van der Waals surface area contributed by atoms with Gasteiger partial charge in [0, 0.05) is 56.1 Å². The Balaban J connectivity index is 1.29. The zero-order valence-electron chi connectivity index (χ0n) is 14.2. The van der Waals surface area contributed by atoms with Crippen LogP contribution in [0.3, 0.4) is 0 Å². The number of hydrogen-bond acceptors (Lipinski definition) is 7. The molecule has 4 rings (SSSR count). The van der Waals surface area contributed by atoms with Gasteiger partial charge in [-0.2, -0.15) is 0 Å². The standard InChI is InChI=1S/C17H20N6O2S/c24-14-10-12(11-23(14)17-20-6-9-26-17)15(25)21-13-2-7-22(8-3-13)16-18-4-1-5-19-16/h1,4-6,9,12-13H,2-3,7-8,10-11H2,(H,21,25). The molecule has 2 aliphatic heterocycles. The third-order valence-corrected chi connectivity index (χ3v) is 5.62. The van der Waals surface area contributed by atoms with Crippen molar-refractivity contribution in [3.05, 3.63) is 30.0 Å². The number of amides is 2. The number of carbonyl (C=O) groups is 2. The maximum Gasteiger partial charge on any atom is 0.229 e. The fourth-order valence-electron chi connectivity index (χ4n) is 3.41. The summed E-state index contributed by atoms with van der Waals surface area (Å²) in [5, 5.41) is 5.62. The fraction of sp³-hybridized carbons (Fsp3) is 0.471. The Morgan fingerprint density at radius 2 is 1.92 bits per heavy atom. The van der Waals surface area contributed by atoms with Crippen molar-refractivity contribution < 1.29 is 9.59 Å². The molecule has 2 fully saturated rings. The van der Waals surface area contributed by atoms with Crippen LogP contribution in [0.2, 0.25) is 0 Å². The smallest absolute Gasteiger partial charge is 0.229 e. The molecular weight excluding hydrogens is 352 g/mol. The first kappa shape index (κ1) is 16.9. The van der Waals surface area contributed by atoms with Crippen LogP contribution in [0.5, 0.6) is 0 Å². The Morgan fingerprint density at radius 1 is 1.15 bits per heavy atom. The van der Waals surface area contributed by atoms with Crippen LogP contribution in [-0.4, -0.2) is 52.4 Å². The second-order valence-corrected chi connectivity index (χ2v) is 7.41. The minimum atomic E-state index is -0.304. The van der Waals surface area contributed by atoms with Gasteiger partial charge in [-0.1, -0.05) is 0 Å². The van der Waals surface area contributed by atoms with E-state index in [1.54, 1.807) is 29.6 Å². The van der Waals surface area contributed by atoms with Gasteiger partial charge >= 0.3 is 0 Å². The summed E-state index contributed by atoms with van der Waals surface area (Å²) >= 11 is 1.42. The fourth-order valence-corrected chi connectivity index (χ4v) is 4.08. The number of nitrogens with zero attached hydrogens (tertiary/aromatic N) is 5. The highest BCUT2D eigenvalue weighted by atomic mass is 32.1. The molecular formula is C17H20N6O2S. The first-order valence-corrected chi connectivity index (χ1v) is 9.61. The summed E-state index contributed by atoms with van der Waals surface area (Å²) in [6.07, 6.45) is 7.09. The van der Waals surface area contributed by atoms with E-state index in [0.717, 1.165) is 31.9 Å². The van der Waals surface area contributed by atoms with Gasteiger partial charge in [0.1, 0.15) is 0 Å².